The SMILES string of the molecule is CNS(=O)(=O)c1csc(C(=O)N2CCNCC2c2nccn2C)c1. The molecule has 1 aliphatic rings. The number of nitrogens with one attached hydrogen (secondary N) is 2. The Morgan fingerprint density at radius 1 is 1.50 bits per heavy atom. The van der Waals surface area contributed by atoms with Gasteiger partial charge in [-0.25, -0.2) is 18.1 Å². The summed E-state index contributed by atoms with van der Waals surface area (Å²) >= 11 is 1.14. The van der Waals surface area contributed by atoms with Gasteiger partial charge in [-0.05, 0) is 13.1 Å². The second-order valence-electron chi connectivity index (χ2n) is 5.47. The number of aromatic nitrogens is 2. The van der Waals surface area contributed by atoms with Crippen molar-refractivity contribution < 1.29 is 13.2 Å². The maximum absolute atomic E-state index is 12.9. The Morgan fingerprint density at radius 2 is 2.29 bits per heavy atom. The fourth-order valence-corrected chi connectivity index (χ4v) is 4.67. The summed E-state index contributed by atoms with van der Waals surface area (Å²) in [4.78, 5) is 19.5. The zero-order valence-corrected chi connectivity index (χ0v) is 15.0. The highest BCUT2D eigenvalue weighted by atomic mass is 32.2. The number of carbonyl (C=O) groups is 1. The molecule has 2 N–H and O–H groups in total. The van der Waals surface area contributed by atoms with Crippen LogP contribution in [0.3, 0.4) is 0 Å². The van der Waals surface area contributed by atoms with Crippen LogP contribution in [-0.4, -0.2) is 55.5 Å². The van der Waals surface area contributed by atoms with E-state index in [1.54, 1.807) is 11.1 Å². The van der Waals surface area contributed by atoms with Crippen LogP contribution in [0.5, 0.6) is 0 Å². The molecule has 3 rings (SSSR count). The van der Waals surface area contributed by atoms with Gasteiger partial charge >= 0.3 is 0 Å². The van der Waals surface area contributed by atoms with Gasteiger partial charge in [0.1, 0.15) is 11.9 Å². The molecule has 0 spiro atoms. The molecule has 1 atom stereocenters. The maximum atomic E-state index is 12.9. The van der Waals surface area contributed by atoms with Crippen LogP contribution in [0, 0.1) is 0 Å². The molecular weight excluding hydrogens is 350 g/mol. The molecule has 3 heterocycles. The van der Waals surface area contributed by atoms with Crippen molar-refractivity contribution in [2.45, 2.75) is 10.9 Å². The number of sulfonamides is 1. The van der Waals surface area contributed by atoms with Crippen LogP contribution in [0.2, 0.25) is 0 Å². The summed E-state index contributed by atoms with van der Waals surface area (Å²) in [6.45, 7) is 1.85. The van der Waals surface area contributed by atoms with Crippen LogP contribution in [-0.2, 0) is 17.1 Å². The van der Waals surface area contributed by atoms with Gasteiger partial charge in [-0.3, -0.25) is 4.79 Å². The molecule has 8 nitrogen and oxygen atoms in total. The van der Waals surface area contributed by atoms with E-state index in [1.807, 2.05) is 17.8 Å². The van der Waals surface area contributed by atoms with Gasteiger partial charge in [0.25, 0.3) is 5.91 Å². The van der Waals surface area contributed by atoms with Gasteiger partial charge in [-0.15, -0.1) is 11.3 Å². The summed E-state index contributed by atoms with van der Waals surface area (Å²) in [7, 11) is -0.304. The molecule has 0 aliphatic carbocycles. The van der Waals surface area contributed by atoms with Crippen molar-refractivity contribution in [1.82, 2.24) is 24.5 Å². The molecule has 0 radical (unpaired) electrons. The lowest BCUT2D eigenvalue weighted by Crippen LogP contribution is -2.49. The monoisotopic (exact) mass is 369 g/mol. The predicted molar refractivity (Wildman–Crippen MR) is 90.4 cm³/mol. The first kappa shape index (κ1) is 17.1. The predicted octanol–water partition coefficient (Wildman–Crippen LogP) is 0.176. The number of nitrogens with zero attached hydrogens (tertiary/aromatic N) is 3. The van der Waals surface area contributed by atoms with Crippen LogP contribution in [0.15, 0.2) is 28.7 Å². The minimum absolute atomic E-state index is 0.113. The highest BCUT2D eigenvalue weighted by Crippen LogP contribution is 2.26. The fourth-order valence-electron chi connectivity index (χ4n) is 2.71. The van der Waals surface area contributed by atoms with Gasteiger partial charge in [0.05, 0.1) is 9.77 Å². The zero-order chi connectivity index (χ0) is 17.3. The molecule has 1 aliphatic heterocycles. The Morgan fingerprint density at radius 3 is 2.96 bits per heavy atom. The van der Waals surface area contributed by atoms with Crippen molar-refractivity contribution in [3.8, 4) is 0 Å². The van der Waals surface area contributed by atoms with Crippen LogP contribution in [0.1, 0.15) is 21.5 Å². The van der Waals surface area contributed by atoms with E-state index >= 15 is 0 Å². The van der Waals surface area contributed by atoms with Gasteiger partial charge in [-0.1, -0.05) is 0 Å². The zero-order valence-electron chi connectivity index (χ0n) is 13.4. The number of hydrogen-bond donors (Lipinski definition) is 2. The summed E-state index contributed by atoms with van der Waals surface area (Å²) in [6.07, 6.45) is 3.55. The smallest absolute Gasteiger partial charge is 0.264 e. The Balaban J connectivity index is 1.89. The summed E-state index contributed by atoms with van der Waals surface area (Å²) in [6, 6.07) is 1.24. The Bertz CT molecular complexity index is 842. The molecule has 0 aromatic carbocycles. The summed E-state index contributed by atoms with van der Waals surface area (Å²) in [5.74, 6) is 0.627. The first-order valence-electron chi connectivity index (χ1n) is 7.45. The van der Waals surface area contributed by atoms with Gasteiger partial charge in [0.15, 0.2) is 0 Å². The van der Waals surface area contributed by atoms with Crippen molar-refractivity contribution in [3.05, 3.63) is 34.5 Å². The molecule has 130 valence electrons. The third kappa shape index (κ3) is 3.09. The average Bonchev–Trinajstić information content (AvgIpc) is 3.23. The van der Waals surface area contributed by atoms with E-state index in [1.165, 1.54) is 18.5 Å². The molecule has 0 saturated carbocycles. The number of piperazine rings is 1. The largest absolute Gasteiger partial charge is 0.336 e. The molecule has 1 fully saturated rings. The van der Waals surface area contributed by atoms with E-state index in [4.69, 9.17) is 0 Å². The lowest BCUT2D eigenvalue weighted by atomic mass is 10.1. The molecular formula is C14H19N5O3S2. The van der Waals surface area contributed by atoms with E-state index < -0.39 is 10.0 Å². The number of amides is 1. The normalized spacial score (nSPS) is 18.8. The van der Waals surface area contributed by atoms with Gasteiger partial charge in [0, 0.05) is 44.5 Å². The number of hydrogen-bond acceptors (Lipinski definition) is 6. The topological polar surface area (TPSA) is 96.3 Å². The van der Waals surface area contributed by atoms with Crippen LogP contribution < -0.4 is 10.0 Å². The first-order valence-corrected chi connectivity index (χ1v) is 9.81. The van der Waals surface area contributed by atoms with Gasteiger partial charge in [-0.2, -0.15) is 0 Å². The number of rotatable bonds is 4. The molecule has 1 unspecified atom stereocenters. The number of imidazole rings is 1. The highest BCUT2D eigenvalue weighted by molar-refractivity contribution is 7.89. The molecule has 1 saturated heterocycles. The third-order valence-corrected chi connectivity index (χ3v) is 6.49. The second kappa shape index (κ2) is 6.63. The quantitative estimate of drug-likeness (QED) is 0.801. The van der Waals surface area contributed by atoms with E-state index in [0.717, 1.165) is 17.2 Å². The third-order valence-electron chi connectivity index (χ3n) is 4.03. The Kier molecular flexibility index (Phi) is 4.72. The molecule has 10 heteroatoms. The van der Waals surface area contributed by atoms with E-state index in [2.05, 4.69) is 15.0 Å². The molecule has 2 aromatic heterocycles. The summed E-state index contributed by atoms with van der Waals surface area (Å²) < 4.78 is 27.9. The first-order chi connectivity index (χ1) is 11.4. The Labute approximate surface area is 144 Å². The van der Waals surface area contributed by atoms with E-state index in [-0.39, 0.29) is 16.8 Å². The van der Waals surface area contributed by atoms with Gasteiger partial charge in [0.2, 0.25) is 10.0 Å². The lowest BCUT2D eigenvalue weighted by molar-refractivity contribution is 0.0626. The summed E-state index contributed by atoms with van der Waals surface area (Å²) in [5, 5.41) is 4.76. The minimum atomic E-state index is -3.54. The van der Waals surface area contributed by atoms with E-state index in [9.17, 15) is 13.2 Å². The number of thiophene rings is 1. The van der Waals surface area contributed by atoms with Crippen molar-refractivity contribution in [2.24, 2.45) is 7.05 Å². The van der Waals surface area contributed by atoms with Crippen molar-refractivity contribution in [3.63, 3.8) is 0 Å². The molecule has 2 aromatic rings. The van der Waals surface area contributed by atoms with Crippen LogP contribution >= 0.6 is 11.3 Å². The van der Waals surface area contributed by atoms with Crippen LogP contribution in [0.25, 0.3) is 0 Å². The van der Waals surface area contributed by atoms with Crippen molar-refractivity contribution >= 4 is 27.3 Å². The lowest BCUT2D eigenvalue weighted by Gasteiger charge is -2.35. The number of carbonyl (C=O) groups excluding carboxylic acids is 1. The average molecular weight is 369 g/mol. The fraction of sp³-hybridized carbons (Fsp3) is 0.429. The molecule has 0 bridgehead atoms. The number of aryl methyl sites for hydroxylation is 1. The van der Waals surface area contributed by atoms with Crippen molar-refractivity contribution in [1.29, 1.82) is 0 Å². The van der Waals surface area contributed by atoms with Gasteiger partial charge < -0.3 is 14.8 Å². The van der Waals surface area contributed by atoms with Crippen molar-refractivity contribution in [2.75, 3.05) is 26.7 Å². The standard InChI is InChI=1S/C14H19N5O3S2/c1-15-24(21,22)10-7-12(23-9-10)14(20)19-6-3-16-8-11(19)13-17-4-5-18(13)2/h4-5,7,9,11,15-16H,3,6,8H2,1-2H3. The summed E-state index contributed by atoms with van der Waals surface area (Å²) in [5.41, 5.74) is 0. The maximum Gasteiger partial charge on any atom is 0.264 e. The molecule has 1 amide bonds. The molecule has 24 heavy (non-hydrogen) atoms. The van der Waals surface area contributed by atoms with Crippen LogP contribution in [0.4, 0.5) is 0 Å². The second-order valence-corrected chi connectivity index (χ2v) is 8.27. The minimum Gasteiger partial charge on any atom is -0.336 e. The van der Waals surface area contributed by atoms with E-state index in [0.29, 0.717) is 24.5 Å². The Hall–Kier alpha value is -1.75. The highest BCUT2D eigenvalue weighted by Gasteiger charge is 2.32.